The summed E-state index contributed by atoms with van der Waals surface area (Å²) in [5.41, 5.74) is 5.85. The second-order valence-corrected chi connectivity index (χ2v) is 5.24. The highest BCUT2D eigenvalue weighted by atomic mass is 35.5. The van der Waals surface area contributed by atoms with Gasteiger partial charge in [-0.3, -0.25) is 4.79 Å². The summed E-state index contributed by atoms with van der Waals surface area (Å²) in [6.07, 6.45) is 5.30. The highest BCUT2D eigenvalue weighted by Gasteiger charge is 2.28. The molecule has 1 atom stereocenters. The van der Waals surface area contributed by atoms with E-state index in [0.29, 0.717) is 31.2 Å². The summed E-state index contributed by atoms with van der Waals surface area (Å²) in [5.74, 6) is 0.414. The van der Waals surface area contributed by atoms with Crippen molar-refractivity contribution in [2.45, 2.75) is 63.2 Å². The number of nitrogens with one attached hydrogen (secondary N) is 1. The van der Waals surface area contributed by atoms with Crippen molar-refractivity contribution in [2.24, 2.45) is 11.7 Å². The van der Waals surface area contributed by atoms with Crippen molar-refractivity contribution in [3.8, 4) is 0 Å². The molecule has 0 spiro atoms. The van der Waals surface area contributed by atoms with Crippen LogP contribution in [0.3, 0.4) is 0 Å². The van der Waals surface area contributed by atoms with E-state index in [0.717, 1.165) is 25.7 Å². The lowest BCUT2D eigenvalue weighted by atomic mass is 9.84. The Morgan fingerprint density at radius 1 is 1.24 bits per heavy atom. The van der Waals surface area contributed by atoms with E-state index in [-0.39, 0.29) is 18.3 Å². The predicted molar refractivity (Wildman–Crippen MR) is 67.9 cm³/mol. The number of amides is 1. The van der Waals surface area contributed by atoms with E-state index in [4.69, 9.17) is 5.73 Å². The maximum absolute atomic E-state index is 12.9. The lowest BCUT2D eigenvalue weighted by molar-refractivity contribution is -0.122. The average molecular weight is 265 g/mol. The zero-order chi connectivity index (χ0) is 11.5. The molecule has 2 aliphatic rings. The summed E-state index contributed by atoms with van der Waals surface area (Å²) in [7, 11) is 0. The van der Waals surface area contributed by atoms with Crippen molar-refractivity contribution in [2.75, 3.05) is 0 Å². The number of nitrogens with two attached hydrogens (primary N) is 1. The molecule has 0 aromatic carbocycles. The van der Waals surface area contributed by atoms with Crippen molar-refractivity contribution in [3.63, 3.8) is 0 Å². The topological polar surface area (TPSA) is 55.1 Å². The largest absolute Gasteiger partial charge is 0.352 e. The summed E-state index contributed by atoms with van der Waals surface area (Å²) in [6, 6.07) is -0.0260. The number of carbonyl (C=O) groups excluding carboxylic acids is 1. The summed E-state index contributed by atoms with van der Waals surface area (Å²) >= 11 is 0. The van der Waals surface area contributed by atoms with Crippen molar-refractivity contribution >= 4 is 18.3 Å². The van der Waals surface area contributed by atoms with Gasteiger partial charge in [-0.25, -0.2) is 4.39 Å². The normalized spacial score (nSPS) is 30.2. The molecule has 0 heterocycles. The van der Waals surface area contributed by atoms with Crippen molar-refractivity contribution < 1.29 is 9.18 Å². The van der Waals surface area contributed by atoms with E-state index in [1.807, 2.05) is 0 Å². The molecule has 3 nitrogen and oxygen atoms in total. The van der Waals surface area contributed by atoms with E-state index in [2.05, 4.69) is 5.32 Å². The van der Waals surface area contributed by atoms with Crippen LogP contribution in [-0.4, -0.2) is 24.2 Å². The highest BCUT2D eigenvalue weighted by molar-refractivity contribution is 5.85. The van der Waals surface area contributed by atoms with Gasteiger partial charge in [-0.1, -0.05) is 0 Å². The van der Waals surface area contributed by atoms with Crippen LogP contribution in [0.25, 0.3) is 0 Å². The molecule has 2 fully saturated rings. The first-order valence-corrected chi connectivity index (χ1v) is 6.35. The van der Waals surface area contributed by atoms with Gasteiger partial charge in [0, 0.05) is 6.04 Å². The van der Waals surface area contributed by atoms with Crippen LogP contribution in [0.15, 0.2) is 0 Å². The minimum absolute atomic E-state index is 0. The molecule has 0 aromatic heterocycles. The Labute approximate surface area is 108 Å². The molecular formula is C12H22ClFN2O. The van der Waals surface area contributed by atoms with Crippen LogP contribution in [0.1, 0.15) is 44.9 Å². The Kier molecular flexibility index (Phi) is 5.67. The maximum atomic E-state index is 12.9. The lowest BCUT2D eigenvalue weighted by Gasteiger charge is -2.26. The molecule has 0 aliphatic heterocycles. The smallest absolute Gasteiger partial charge is 0.237 e. The first-order chi connectivity index (χ1) is 7.65. The van der Waals surface area contributed by atoms with Crippen molar-refractivity contribution in [3.05, 3.63) is 0 Å². The third kappa shape index (κ3) is 4.80. The standard InChI is InChI=1S/C12H21FN2O.ClH/c13-9-3-1-8(2-4-9)7-11(14)12(16)15-10-5-6-10;/h8-11H,1-7,14H2,(H,15,16);1H/t8?,9?,11-;/m0./s1. The van der Waals surface area contributed by atoms with E-state index in [1.54, 1.807) is 0 Å². The van der Waals surface area contributed by atoms with Crippen LogP contribution < -0.4 is 11.1 Å². The summed E-state index contributed by atoms with van der Waals surface area (Å²) < 4.78 is 12.9. The van der Waals surface area contributed by atoms with Crippen LogP contribution in [0, 0.1) is 5.92 Å². The van der Waals surface area contributed by atoms with E-state index < -0.39 is 12.2 Å². The van der Waals surface area contributed by atoms with Gasteiger partial charge in [0.1, 0.15) is 6.17 Å². The number of alkyl halides is 1. The Bertz CT molecular complexity index is 253. The zero-order valence-electron chi connectivity index (χ0n) is 10.0. The molecule has 0 radical (unpaired) electrons. The minimum atomic E-state index is -0.632. The predicted octanol–water partition coefficient (Wildman–Crippen LogP) is 1.93. The van der Waals surface area contributed by atoms with Crippen LogP contribution in [-0.2, 0) is 4.79 Å². The fourth-order valence-corrected chi connectivity index (χ4v) is 2.36. The van der Waals surface area contributed by atoms with Gasteiger partial charge >= 0.3 is 0 Å². The van der Waals surface area contributed by atoms with Crippen LogP contribution >= 0.6 is 12.4 Å². The first-order valence-electron chi connectivity index (χ1n) is 6.35. The first kappa shape index (κ1) is 14.7. The van der Waals surface area contributed by atoms with Crippen LogP contribution in [0.2, 0.25) is 0 Å². The molecule has 2 rings (SSSR count). The highest BCUT2D eigenvalue weighted by Crippen LogP contribution is 2.29. The summed E-state index contributed by atoms with van der Waals surface area (Å²) in [4.78, 5) is 11.6. The number of hydrogen-bond donors (Lipinski definition) is 2. The number of halogens is 2. The lowest BCUT2D eigenvalue weighted by Crippen LogP contribution is -2.43. The molecule has 0 saturated heterocycles. The quantitative estimate of drug-likeness (QED) is 0.815. The van der Waals surface area contributed by atoms with Gasteiger partial charge in [0.05, 0.1) is 6.04 Å². The second-order valence-electron chi connectivity index (χ2n) is 5.24. The van der Waals surface area contributed by atoms with Gasteiger partial charge in [0.15, 0.2) is 0 Å². The summed E-state index contributed by atoms with van der Waals surface area (Å²) in [6.45, 7) is 0. The Morgan fingerprint density at radius 3 is 2.35 bits per heavy atom. The molecule has 1 amide bonds. The molecule has 0 aromatic rings. The van der Waals surface area contributed by atoms with E-state index in [9.17, 15) is 9.18 Å². The van der Waals surface area contributed by atoms with Gasteiger partial charge in [0.2, 0.25) is 5.91 Å². The third-order valence-electron chi connectivity index (χ3n) is 3.62. The second kappa shape index (κ2) is 6.55. The van der Waals surface area contributed by atoms with Crippen molar-refractivity contribution in [1.29, 1.82) is 0 Å². The number of hydrogen-bond acceptors (Lipinski definition) is 2. The van der Waals surface area contributed by atoms with E-state index >= 15 is 0 Å². The van der Waals surface area contributed by atoms with Gasteiger partial charge in [-0.15, -0.1) is 12.4 Å². The van der Waals surface area contributed by atoms with E-state index in [1.165, 1.54) is 0 Å². The minimum Gasteiger partial charge on any atom is -0.352 e. The zero-order valence-corrected chi connectivity index (χ0v) is 10.8. The fourth-order valence-electron chi connectivity index (χ4n) is 2.36. The molecular weight excluding hydrogens is 243 g/mol. The van der Waals surface area contributed by atoms with Crippen LogP contribution in [0.4, 0.5) is 4.39 Å². The number of rotatable bonds is 4. The van der Waals surface area contributed by atoms with Crippen LogP contribution in [0.5, 0.6) is 0 Å². The van der Waals surface area contributed by atoms with Gasteiger partial charge in [0.25, 0.3) is 0 Å². The van der Waals surface area contributed by atoms with Gasteiger partial charge < -0.3 is 11.1 Å². The molecule has 2 saturated carbocycles. The molecule has 100 valence electrons. The monoisotopic (exact) mass is 264 g/mol. The van der Waals surface area contributed by atoms with Gasteiger partial charge in [-0.05, 0) is 50.9 Å². The Balaban J connectivity index is 0.00000144. The molecule has 3 N–H and O–H groups in total. The van der Waals surface area contributed by atoms with Gasteiger partial charge in [-0.2, -0.15) is 0 Å². The number of carbonyl (C=O) groups is 1. The summed E-state index contributed by atoms with van der Waals surface area (Å²) in [5, 5.41) is 2.91. The molecule has 0 bridgehead atoms. The maximum Gasteiger partial charge on any atom is 0.237 e. The molecule has 17 heavy (non-hydrogen) atoms. The van der Waals surface area contributed by atoms with Crippen molar-refractivity contribution in [1.82, 2.24) is 5.32 Å². The average Bonchev–Trinajstić information content (AvgIpc) is 3.05. The Hall–Kier alpha value is -0.350. The Morgan fingerprint density at radius 2 is 1.82 bits per heavy atom. The molecule has 2 aliphatic carbocycles. The SMILES string of the molecule is Cl.N[C@@H](CC1CCC(F)CC1)C(=O)NC1CC1. The molecule has 5 heteroatoms. The molecule has 0 unspecified atom stereocenters. The fraction of sp³-hybridized carbons (Fsp3) is 0.917. The third-order valence-corrected chi connectivity index (χ3v) is 3.62.